The number of nitrogens with one attached hydrogen (secondary N) is 1. The third-order valence-electron chi connectivity index (χ3n) is 3.06. The van der Waals surface area contributed by atoms with Crippen molar-refractivity contribution in [2.75, 3.05) is 20.2 Å². The number of ether oxygens (including phenoxy) is 1. The third kappa shape index (κ3) is 4.83. The Balaban J connectivity index is 1.96. The minimum atomic E-state index is 0.00738. The Bertz CT molecular complexity index is 633. The van der Waals surface area contributed by atoms with Crippen LogP contribution in [0.4, 0.5) is 0 Å². The molecular weight excluding hydrogens is 342 g/mol. The highest BCUT2D eigenvalue weighted by atomic mass is 79.9. The van der Waals surface area contributed by atoms with Crippen molar-refractivity contribution in [1.29, 1.82) is 0 Å². The van der Waals surface area contributed by atoms with E-state index in [0.29, 0.717) is 17.7 Å². The van der Waals surface area contributed by atoms with Crippen LogP contribution in [0, 0.1) is 0 Å². The second-order valence-corrected chi connectivity index (χ2v) is 5.62. The molecule has 0 atom stereocenters. The van der Waals surface area contributed by atoms with Crippen LogP contribution in [0.15, 0.2) is 65.2 Å². The highest BCUT2D eigenvalue weighted by Gasteiger charge is 2.08. The molecule has 0 aromatic heterocycles. The van der Waals surface area contributed by atoms with E-state index >= 15 is 0 Å². The molecule has 0 unspecified atom stereocenters. The minimum absolute atomic E-state index is 0.00738. The molecule has 114 valence electrons. The van der Waals surface area contributed by atoms with Gasteiger partial charge >= 0.3 is 0 Å². The summed E-state index contributed by atoms with van der Waals surface area (Å²) in [6.45, 7) is 1.34. The normalized spacial score (nSPS) is 10.8. The molecule has 4 heteroatoms. The van der Waals surface area contributed by atoms with Crippen LogP contribution < -0.4 is 10.1 Å². The maximum atomic E-state index is 12.3. The van der Waals surface area contributed by atoms with E-state index in [2.05, 4.69) is 21.2 Å². The van der Waals surface area contributed by atoms with Gasteiger partial charge in [-0.15, -0.1) is 0 Å². The molecule has 0 radical (unpaired) electrons. The molecule has 0 saturated heterocycles. The highest BCUT2D eigenvalue weighted by molar-refractivity contribution is 9.10. The van der Waals surface area contributed by atoms with Gasteiger partial charge in [0.15, 0.2) is 5.78 Å². The molecule has 0 spiro atoms. The molecule has 0 fully saturated rings. The summed E-state index contributed by atoms with van der Waals surface area (Å²) in [5.74, 6) is 0.759. The molecule has 2 rings (SSSR count). The first-order chi connectivity index (χ1) is 10.7. The smallest absolute Gasteiger partial charge is 0.193 e. The van der Waals surface area contributed by atoms with Gasteiger partial charge in [-0.1, -0.05) is 28.1 Å². The number of benzene rings is 2. The van der Waals surface area contributed by atoms with Gasteiger partial charge in [0.1, 0.15) is 12.4 Å². The zero-order valence-electron chi connectivity index (χ0n) is 12.4. The standard InChI is InChI=1S/C18H18BrNO2/c1-20-12-2-3-13-22-17-10-6-15(7-11-17)18(21)14-4-8-16(19)9-5-14/h2-11,20H,12-13H2,1H3. The summed E-state index contributed by atoms with van der Waals surface area (Å²) in [6, 6.07) is 14.6. The van der Waals surface area contributed by atoms with Crippen molar-refractivity contribution in [2.24, 2.45) is 0 Å². The summed E-state index contributed by atoms with van der Waals surface area (Å²) < 4.78 is 6.53. The summed E-state index contributed by atoms with van der Waals surface area (Å²) >= 11 is 3.36. The summed E-state index contributed by atoms with van der Waals surface area (Å²) in [4.78, 5) is 12.3. The number of likely N-dealkylation sites (N-methyl/N-ethyl adjacent to an activating group) is 1. The SMILES string of the molecule is CNCC=CCOc1ccc(C(=O)c2ccc(Br)cc2)cc1. The van der Waals surface area contributed by atoms with Crippen molar-refractivity contribution in [2.45, 2.75) is 0 Å². The fraction of sp³-hybridized carbons (Fsp3) is 0.167. The molecule has 0 heterocycles. The van der Waals surface area contributed by atoms with E-state index in [1.807, 2.05) is 55.6 Å². The first-order valence-corrected chi connectivity index (χ1v) is 7.83. The molecule has 0 saturated carbocycles. The first-order valence-electron chi connectivity index (χ1n) is 7.03. The Labute approximate surface area is 139 Å². The molecule has 2 aromatic carbocycles. The van der Waals surface area contributed by atoms with Crippen LogP contribution in [-0.4, -0.2) is 26.0 Å². The largest absolute Gasteiger partial charge is 0.490 e. The van der Waals surface area contributed by atoms with Crippen LogP contribution in [0.2, 0.25) is 0 Å². The fourth-order valence-corrected chi connectivity index (χ4v) is 2.15. The second kappa shape index (κ2) is 8.51. The van der Waals surface area contributed by atoms with Crippen molar-refractivity contribution in [3.63, 3.8) is 0 Å². The average molecular weight is 360 g/mol. The monoisotopic (exact) mass is 359 g/mol. The van der Waals surface area contributed by atoms with E-state index in [1.54, 1.807) is 12.1 Å². The van der Waals surface area contributed by atoms with Crippen LogP contribution in [0.1, 0.15) is 15.9 Å². The lowest BCUT2D eigenvalue weighted by Crippen LogP contribution is -2.04. The van der Waals surface area contributed by atoms with Gasteiger partial charge in [-0.25, -0.2) is 0 Å². The zero-order chi connectivity index (χ0) is 15.8. The second-order valence-electron chi connectivity index (χ2n) is 4.70. The lowest BCUT2D eigenvalue weighted by Gasteiger charge is -2.05. The number of hydrogen-bond donors (Lipinski definition) is 1. The molecule has 0 aliphatic heterocycles. The third-order valence-corrected chi connectivity index (χ3v) is 3.59. The van der Waals surface area contributed by atoms with Gasteiger partial charge in [0.2, 0.25) is 0 Å². The number of halogens is 1. The van der Waals surface area contributed by atoms with Gasteiger partial charge in [0.05, 0.1) is 0 Å². The van der Waals surface area contributed by atoms with E-state index in [0.717, 1.165) is 16.8 Å². The predicted molar refractivity (Wildman–Crippen MR) is 92.6 cm³/mol. The molecule has 3 nitrogen and oxygen atoms in total. The summed E-state index contributed by atoms with van der Waals surface area (Å²) in [6.07, 6.45) is 3.96. The van der Waals surface area contributed by atoms with Crippen LogP contribution >= 0.6 is 15.9 Å². The van der Waals surface area contributed by atoms with Crippen LogP contribution in [0.5, 0.6) is 5.75 Å². The lowest BCUT2D eigenvalue weighted by molar-refractivity contribution is 0.103. The molecule has 1 N–H and O–H groups in total. The topological polar surface area (TPSA) is 38.3 Å². The zero-order valence-corrected chi connectivity index (χ0v) is 14.0. The van der Waals surface area contributed by atoms with Gasteiger partial charge in [0.25, 0.3) is 0 Å². The predicted octanol–water partition coefficient (Wildman–Crippen LogP) is 3.83. The first kappa shape index (κ1) is 16.5. The number of carbonyl (C=O) groups is 1. The Morgan fingerprint density at radius 1 is 1.05 bits per heavy atom. The molecule has 0 aliphatic carbocycles. The Kier molecular flexibility index (Phi) is 6.37. The quantitative estimate of drug-likeness (QED) is 0.602. The Morgan fingerprint density at radius 2 is 1.64 bits per heavy atom. The van der Waals surface area contributed by atoms with Crippen LogP contribution in [0.3, 0.4) is 0 Å². The average Bonchev–Trinajstić information content (AvgIpc) is 2.55. The maximum absolute atomic E-state index is 12.3. The number of carbonyl (C=O) groups excluding carboxylic acids is 1. The lowest BCUT2D eigenvalue weighted by atomic mass is 10.0. The summed E-state index contributed by atoms with van der Waals surface area (Å²) in [7, 11) is 1.90. The Morgan fingerprint density at radius 3 is 2.23 bits per heavy atom. The van der Waals surface area contributed by atoms with Crippen LogP contribution in [-0.2, 0) is 0 Å². The van der Waals surface area contributed by atoms with E-state index in [1.165, 1.54) is 0 Å². The molecular formula is C18H18BrNO2. The molecule has 2 aromatic rings. The molecule has 0 aliphatic rings. The van der Waals surface area contributed by atoms with E-state index in [9.17, 15) is 4.79 Å². The fourth-order valence-electron chi connectivity index (χ4n) is 1.88. The van der Waals surface area contributed by atoms with E-state index in [4.69, 9.17) is 4.74 Å². The Hall–Kier alpha value is -1.91. The minimum Gasteiger partial charge on any atom is -0.490 e. The number of ketones is 1. The molecule has 22 heavy (non-hydrogen) atoms. The van der Waals surface area contributed by atoms with Crippen molar-refractivity contribution in [3.05, 3.63) is 76.3 Å². The molecule has 0 bridgehead atoms. The highest BCUT2D eigenvalue weighted by Crippen LogP contribution is 2.17. The number of hydrogen-bond acceptors (Lipinski definition) is 3. The molecule has 0 amide bonds. The summed E-state index contributed by atoms with van der Waals surface area (Å²) in [5.41, 5.74) is 1.33. The van der Waals surface area contributed by atoms with Gasteiger partial charge in [-0.3, -0.25) is 4.79 Å². The number of rotatable bonds is 7. The van der Waals surface area contributed by atoms with Crippen molar-refractivity contribution >= 4 is 21.7 Å². The van der Waals surface area contributed by atoms with E-state index in [-0.39, 0.29) is 5.78 Å². The van der Waals surface area contributed by atoms with E-state index < -0.39 is 0 Å². The van der Waals surface area contributed by atoms with Gasteiger partial charge < -0.3 is 10.1 Å². The van der Waals surface area contributed by atoms with Crippen molar-refractivity contribution in [1.82, 2.24) is 5.32 Å². The van der Waals surface area contributed by atoms with Crippen molar-refractivity contribution in [3.8, 4) is 5.75 Å². The maximum Gasteiger partial charge on any atom is 0.193 e. The summed E-state index contributed by atoms with van der Waals surface area (Å²) in [5, 5.41) is 3.02. The van der Waals surface area contributed by atoms with Gasteiger partial charge in [0, 0.05) is 22.1 Å². The van der Waals surface area contributed by atoms with Crippen molar-refractivity contribution < 1.29 is 9.53 Å². The van der Waals surface area contributed by atoms with Crippen LogP contribution in [0.25, 0.3) is 0 Å². The van der Waals surface area contributed by atoms with Gasteiger partial charge in [-0.2, -0.15) is 0 Å². The van der Waals surface area contributed by atoms with Gasteiger partial charge in [-0.05, 0) is 55.6 Å².